The van der Waals surface area contributed by atoms with Crippen LogP contribution in [0.15, 0.2) is 18.2 Å². The number of unbranched alkanes of at least 4 members (excludes halogenated alkanes) is 3. The van der Waals surface area contributed by atoms with E-state index >= 15 is 0 Å². The molecule has 1 aromatic rings. The summed E-state index contributed by atoms with van der Waals surface area (Å²) in [7, 11) is 0. The van der Waals surface area contributed by atoms with Gasteiger partial charge in [0.1, 0.15) is 11.9 Å². The van der Waals surface area contributed by atoms with Crippen molar-refractivity contribution in [3.63, 3.8) is 0 Å². The number of allylic oxidation sites excluding steroid dienone is 1. The molecule has 27 heavy (non-hydrogen) atoms. The highest BCUT2D eigenvalue weighted by Gasteiger charge is 2.39. The molecular weight excluding hydrogens is 361 g/mol. The summed E-state index contributed by atoms with van der Waals surface area (Å²) in [6.07, 6.45) is 5.49. The number of aliphatic hydroxyl groups is 1. The van der Waals surface area contributed by atoms with Gasteiger partial charge in [-0.3, -0.25) is 9.59 Å². The Bertz CT molecular complexity index is 717. The molecule has 1 fully saturated rings. The summed E-state index contributed by atoms with van der Waals surface area (Å²) in [4.78, 5) is 22.6. The lowest BCUT2D eigenvalue weighted by Crippen LogP contribution is -2.19. The number of carboxylic acids is 1. The molecule has 1 saturated carbocycles. The number of rotatable bonds is 9. The number of halogens is 3. The minimum Gasteiger partial charge on any atom is -0.481 e. The predicted molar refractivity (Wildman–Crippen MR) is 93.3 cm³/mol. The Labute approximate surface area is 155 Å². The third-order valence-electron chi connectivity index (χ3n) is 4.92. The predicted octanol–water partition coefficient (Wildman–Crippen LogP) is 4.11. The van der Waals surface area contributed by atoms with E-state index in [4.69, 9.17) is 5.11 Å². The van der Waals surface area contributed by atoms with E-state index < -0.39 is 35.4 Å². The minimum absolute atomic E-state index is 0.116. The summed E-state index contributed by atoms with van der Waals surface area (Å²) < 4.78 is 40.0. The second kappa shape index (κ2) is 9.69. The number of aliphatic carboxylic acids is 1. The van der Waals surface area contributed by atoms with E-state index in [2.05, 4.69) is 0 Å². The van der Waals surface area contributed by atoms with Gasteiger partial charge in [-0.2, -0.15) is 0 Å². The van der Waals surface area contributed by atoms with E-state index in [1.165, 1.54) is 6.08 Å². The zero-order chi connectivity index (χ0) is 20.0. The number of Topliss-reactive ketones (excluding diaryl/α,β-unsaturated/α-hetero) is 1. The first-order valence-corrected chi connectivity index (χ1v) is 9.06. The van der Waals surface area contributed by atoms with Crippen molar-refractivity contribution in [1.29, 1.82) is 0 Å². The van der Waals surface area contributed by atoms with Gasteiger partial charge in [0.15, 0.2) is 17.4 Å². The third kappa shape index (κ3) is 5.92. The molecule has 1 aliphatic rings. The van der Waals surface area contributed by atoms with E-state index in [1.807, 2.05) is 0 Å². The van der Waals surface area contributed by atoms with Crippen molar-refractivity contribution in [1.82, 2.24) is 0 Å². The van der Waals surface area contributed by atoms with Gasteiger partial charge in [0.25, 0.3) is 0 Å². The smallest absolute Gasteiger partial charge is 0.303 e. The Balaban J connectivity index is 1.95. The van der Waals surface area contributed by atoms with Gasteiger partial charge in [0.05, 0.1) is 0 Å². The number of hydrogen-bond donors (Lipinski definition) is 2. The van der Waals surface area contributed by atoms with Crippen LogP contribution in [0.25, 0.3) is 6.08 Å². The third-order valence-corrected chi connectivity index (χ3v) is 4.92. The molecule has 0 aliphatic heterocycles. The van der Waals surface area contributed by atoms with E-state index in [9.17, 15) is 27.9 Å². The molecule has 0 saturated heterocycles. The maximum absolute atomic E-state index is 13.7. The van der Waals surface area contributed by atoms with Gasteiger partial charge in [-0.15, -0.1) is 0 Å². The van der Waals surface area contributed by atoms with Crippen LogP contribution < -0.4 is 0 Å². The Morgan fingerprint density at radius 3 is 2.44 bits per heavy atom. The molecular formula is C20H23F3O4. The second-order valence-corrected chi connectivity index (χ2v) is 6.92. The normalized spacial score (nSPS) is 22.7. The molecule has 0 bridgehead atoms. The standard InChI is InChI=1S/C20H23F3O4/c21-15-11-17(23)16(22)9-13(15)8-7-12-10-18(24)20(27)14(12)5-3-1-2-4-6-19(25)26/h7-9,11-12,14,18,24H,1-6,10H2,(H,25,26)/b8-7+. The first kappa shape index (κ1) is 21.2. The lowest BCUT2D eigenvalue weighted by atomic mass is 9.89. The summed E-state index contributed by atoms with van der Waals surface area (Å²) in [5.41, 5.74) is -0.116. The number of ketones is 1. The molecule has 0 radical (unpaired) electrons. The van der Waals surface area contributed by atoms with Crippen LogP contribution >= 0.6 is 0 Å². The van der Waals surface area contributed by atoms with Crippen LogP contribution in [0.2, 0.25) is 0 Å². The topological polar surface area (TPSA) is 74.6 Å². The molecule has 4 nitrogen and oxygen atoms in total. The Morgan fingerprint density at radius 1 is 1.07 bits per heavy atom. The molecule has 2 rings (SSSR count). The summed E-state index contributed by atoms with van der Waals surface area (Å²) in [6, 6.07) is 1.23. The van der Waals surface area contributed by atoms with Gasteiger partial charge in [0, 0.05) is 24.0 Å². The van der Waals surface area contributed by atoms with Gasteiger partial charge in [-0.1, -0.05) is 31.4 Å². The number of carboxylic acid groups (broad SMARTS) is 1. The van der Waals surface area contributed by atoms with Crippen molar-refractivity contribution >= 4 is 17.8 Å². The van der Waals surface area contributed by atoms with Gasteiger partial charge in [-0.05, 0) is 31.2 Å². The molecule has 0 spiro atoms. The molecule has 3 unspecified atom stereocenters. The number of carbonyl (C=O) groups is 2. The Hall–Kier alpha value is -2.15. The highest BCUT2D eigenvalue weighted by Crippen LogP contribution is 2.34. The monoisotopic (exact) mass is 384 g/mol. The van der Waals surface area contributed by atoms with Crippen molar-refractivity contribution in [2.45, 2.75) is 51.0 Å². The minimum atomic E-state index is -1.27. The van der Waals surface area contributed by atoms with Crippen LogP contribution in [0.5, 0.6) is 0 Å². The molecule has 148 valence electrons. The van der Waals surface area contributed by atoms with Crippen molar-refractivity contribution < 1.29 is 33.0 Å². The molecule has 7 heteroatoms. The SMILES string of the molecule is O=C(O)CCCCCCC1C(=O)C(O)CC1/C=C/c1cc(F)c(F)cc1F. The molecule has 1 aromatic carbocycles. The Morgan fingerprint density at radius 2 is 1.74 bits per heavy atom. The Kier molecular flexibility index (Phi) is 7.59. The second-order valence-electron chi connectivity index (χ2n) is 6.92. The van der Waals surface area contributed by atoms with Crippen molar-refractivity contribution in [2.24, 2.45) is 11.8 Å². The summed E-state index contributed by atoms with van der Waals surface area (Å²) in [6.45, 7) is 0. The van der Waals surface area contributed by atoms with E-state index in [-0.39, 0.29) is 30.1 Å². The molecule has 3 atom stereocenters. The average Bonchev–Trinajstić information content (AvgIpc) is 2.87. The van der Waals surface area contributed by atoms with Gasteiger partial charge < -0.3 is 10.2 Å². The van der Waals surface area contributed by atoms with Crippen LogP contribution in [0.4, 0.5) is 13.2 Å². The number of aliphatic hydroxyl groups excluding tert-OH is 1. The molecule has 0 heterocycles. The molecule has 1 aliphatic carbocycles. The largest absolute Gasteiger partial charge is 0.481 e. The first-order chi connectivity index (χ1) is 12.8. The highest BCUT2D eigenvalue weighted by molar-refractivity contribution is 5.88. The van der Waals surface area contributed by atoms with E-state index in [0.29, 0.717) is 25.3 Å². The lowest BCUT2D eigenvalue weighted by Gasteiger charge is -2.14. The van der Waals surface area contributed by atoms with Crippen LogP contribution in [-0.4, -0.2) is 28.1 Å². The van der Waals surface area contributed by atoms with Crippen molar-refractivity contribution in [3.05, 3.63) is 41.2 Å². The van der Waals surface area contributed by atoms with Crippen LogP contribution in [0.3, 0.4) is 0 Å². The van der Waals surface area contributed by atoms with Gasteiger partial charge in [0.2, 0.25) is 0 Å². The van der Waals surface area contributed by atoms with Crippen LogP contribution in [0, 0.1) is 29.3 Å². The van der Waals surface area contributed by atoms with E-state index in [0.717, 1.165) is 18.9 Å². The fourth-order valence-electron chi connectivity index (χ4n) is 3.45. The average molecular weight is 384 g/mol. The van der Waals surface area contributed by atoms with Gasteiger partial charge >= 0.3 is 5.97 Å². The van der Waals surface area contributed by atoms with Gasteiger partial charge in [-0.25, -0.2) is 13.2 Å². The lowest BCUT2D eigenvalue weighted by molar-refractivity contribution is -0.137. The molecule has 2 N–H and O–H groups in total. The first-order valence-electron chi connectivity index (χ1n) is 9.06. The van der Waals surface area contributed by atoms with Crippen LogP contribution in [-0.2, 0) is 9.59 Å². The number of benzene rings is 1. The number of carbonyl (C=O) groups excluding carboxylic acids is 1. The fraction of sp³-hybridized carbons (Fsp3) is 0.500. The molecule has 0 aromatic heterocycles. The van der Waals surface area contributed by atoms with Crippen molar-refractivity contribution in [2.75, 3.05) is 0 Å². The zero-order valence-corrected chi connectivity index (χ0v) is 14.8. The maximum atomic E-state index is 13.7. The van der Waals surface area contributed by atoms with Crippen LogP contribution in [0.1, 0.15) is 50.5 Å². The summed E-state index contributed by atoms with van der Waals surface area (Å²) in [5, 5.41) is 18.4. The highest BCUT2D eigenvalue weighted by atomic mass is 19.2. The van der Waals surface area contributed by atoms with E-state index in [1.54, 1.807) is 6.08 Å². The number of hydrogen-bond acceptors (Lipinski definition) is 3. The zero-order valence-electron chi connectivity index (χ0n) is 14.8. The maximum Gasteiger partial charge on any atom is 0.303 e. The summed E-state index contributed by atoms with van der Waals surface area (Å²) in [5.74, 6) is -5.14. The van der Waals surface area contributed by atoms with Crippen molar-refractivity contribution in [3.8, 4) is 0 Å². The molecule has 0 amide bonds. The quantitative estimate of drug-likeness (QED) is 0.496. The fourth-order valence-corrected chi connectivity index (χ4v) is 3.45. The summed E-state index contributed by atoms with van der Waals surface area (Å²) >= 11 is 0.